The molecule has 0 spiro atoms. The third-order valence-corrected chi connectivity index (χ3v) is 3.40. The average Bonchev–Trinajstić information content (AvgIpc) is 2.75. The van der Waals surface area contributed by atoms with Gasteiger partial charge in [-0.15, -0.1) is 0 Å². The molecule has 0 fully saturated rings. The molecule has 0 unspecified atom stereocenters. The fraction of sp³-hybridized carbons (Fsp3) is 0.286. The molecule has 0 radical (unpaired) electrons. The van der Waals surface area contributed by atoms with Gasteiger partial charge < -0.3 is 15.0 Å². The van der Waals surface area contributed by atoms with Gasteiger partial charge in [-0.2, -0.15) is 0 Å². The average molecular weight is 310 g/mol. The zero-order chi connectivity index (χ0) is 15.4. The Morgan fingerprint density at radius 1 is 1.38 bits per heavy atom. The molecule has 1 heterocycles. The van der Waals surface area contributed by atoms with Crippen LogP contribution in [0.15, 0.2) is 30.5 Å². The van der Waals surface area contributed by atoms with Gasteiger partial charge in [0.15, 0.2) is 0 Å². The summed E-state index contributed by atoms with van der Waals surface area (Å²) in [5.41, 5.74) is 1.89. The largest absolute Gasteiger partial charge is 0.480 e. The molecular weight excluding hydrogens is 294 g/mol. The lowest BCUT2D eigenvalue weighted by molar-refractivity contribution is -0.141. The quantitative estimate of drug-likeness (QED) is 0.696. The summed E-state index contributed by atoms with van der Waals surface area (Å²) in [6.07, 6.45) is 2.09. The molecule has 0 aliphatic heterocycles. The van der Waals surface area contributed by atoms with Crippen molar-refractivity contribution in [2.75, 3.05) is 6.54 Å². The molecular formula is C14H16ClN3O3. The molecule has 0 saturated carbocycles. The van der Waals surface area contributed by atoms with E-state index in [2.05, 4.69) is 10.2 Å². The lowest BCUT2D eigenvalue weighted by Crippen LogP contribution is -2.44. The molecule has 0 aliphatic carbocycles. The minimum absolute atomic E-state index is 0.138. The Labute approximate surface area is 126 Å². The summed E-state index contributed by atoms with van der Waals surface area (Å²) in [5, 5.41) is 12.7. The first-order valence-corrected chi connectivity index (χ1v) is 6.79. The molecule has 1 amide bonds. The summed E-state index contributed by atoms with van der Waals surface area (Å²) in [4.78, 5) is 25.0. The maximum absolute atomic E-state index is 11.5. The van der Waals surface area contributed by atoms with Crippen LogP contribution in [0.1, 0.15) is 5.56 Å². The number of halogens is 1. The number of aryl methyl sites for hydroxylation is 1. The molecule has 2 rings (SSSR count). The number of carboxylic acid groups (broad SMARTS) is 1. The molecule has 1 atom stereocenters. The number of fused-ring (bicyclic) bond motifs is 1. The van der Waals surface area contributed by atoms with Crippen molar-refractivity contribution in [2.24, 2.45) is 7.05 Å². The molecule has 6 nitrogen and oxygen atoms in total. The lowest BCUT2D eigenvalue weighted by Gasteiger charge is -2.13. The van der Waals surface area contributed by atoms with E-state index in [1.165, 1.54) is 0 Å². The topological polar surface area (TPSA) is 83.4 Å². The van der Waals surface area contributed by atoms with E-state index in [1.807, 2.05) is 42.1 Å². The van der Waals surface area contributed by atoms with Gasteiger partial charge in [0, 0.05) is 30.6 Å². The van der Waals surface area contributed by atoms with Gasteiger partial charge in [0.1, 0.15) is 6.04 Å². The SMILES string of the molecule is Cn1cc(C[C@@H](NC(=O)CNCl)C(=O)O)c2ccccc21. The Bertz CT molecular complexity index is 669. The number of nitrogens with zero attached hydrogens (tertiary/aromatic N) is 1. The van der Waals surface area contributed by atoms with Crippen molar-refractivity contribution in [1.82, 2.24) is 14.7 Å². The Kier molecular flexibility index (Phi) is 4.82. The van der Waals surface area contributed by atoms with Gasteiger partial charge in [-0.25, -0.2) is 9.63 Å². The van der Waals surface area contributed by atoms with Gasteiger partial charge in [0.05, 0.1) is 6.54 Å². The van der Waals surface area contributed by atoms with Crippen LogP contribution >= 0.6 is 11.8 Å². The Hall–Kier alpha value is -2.05. The maximum atomic E-state index is 11.5. The highest BCUT2D eigenvalue weighted by Gasteiger charge is 2.22. The number of hydrogen-bond acceptors (Lipinski definition) is 3. The normalized spacial score (nSPS) is 12.3. The summed E-state index contributed by atoms with van der Waals surface area (Å²) in [7, 11) is 1.90. The molecule has 21 heavy (non-hydrogen) atoms. The first-order chi connectivity index (χ1) is 10.0. The number of amides is 1. The number of carbonyl (C=O) groups excluding carboxylic acids is 1. The number of nitrogens with one attached hydrogen (secondary N) is 2. The second kappa shape index (κ2) is 6.60. The summed E-state index contributed by atoms with van der Waals surface area (Å²) < 4.78 is 1.94. The van der Waals surface area contributed by atoms with Crippen LogP contribution in [0.2, 0.25) is 0 Å². The number of carboxylic acids is 1. The van der Waals surface area contributed by atoms with Crippen molar-refractivity contribution in [1.29, 1.82) is 0 Å². The van der Waals surface area contributed by atoms with Crippen LogP contribution in [-0.4, -0.2) is 34.1 Å². The van der Waals surface area contributed by atoms with Crippen LogP contribution in [0.3, 0.4) is 0 Å². The van der Waals surface area contributed by atoms with Crippen LogP contribution in [0.5, 0.6) is 0 Å². The summed E-state index contributed by atoms with van der Waals surface area (Å²) in [5.74, 6) is -1.54. The van der Waals surface area contributed by atoms with Gasteiger partial charge in [-0.05, 0) is 23.4 Å². The molecule has 1 aromatic carbocycles. The van der Waals surface area contributed by atoms with Crippen LogP contribution in [-0.2, 0) is 23.1 Å². The fourth-order valence-corrected chi connectivity index (χ4v) is 2.44. The van der Waals surface area contributed by atoms with Gasteiger partial charge in [-0.3, -0.25) is 4.79 Å². The van der Waals surface area contributed by atoms with E-state index in [1.54, 1.807) is 0 Å². The maximum Gasteiger partial charge on any atom is 0.326 e. The molecule has 7 heteroatoms. The number of carbonyl (C=O) groups is 2. The van der Waals surface area contributed by atoms with E-state index < -0.39 is 17.9 Å². The second-order valence-corrected chi connectivity index (χ2v) is 5.02. The van der Waals surface area contributed by atoms with Gasteiger partial charge in [0.25, 0.3) is 0 Å². The third kappa shape index (κ3) is 3.53. The van der Waals surface area contributed by atoms with Gasteiger partial charge in [0.2, 0.25) is 5.91 Å². The minimum atomic E-state index is -1.08. The molecule has 0 bridgehead atoms. The highest BCUT2D eigenvalue weighted by atomic mass is 35.5. The number of aromatic nitrogens is 1. The highest BCUT2D eigenvalue weighted by Crippen LogP contribution is 2.21. The number of para-hydroxylation sites is 1. The molecule has 1 aromatic heterocycles. The molecule has 0 aliphatic rings. The number of aliphatic carboxylic acids is 1. The highest BCUT2D eigenvalue weighted by molar-refractivity contribution is 6.14. The van der Waals surface area contributed by atoms with Gasteiger partial charge >= 0.3 is 5.97 Å². The first-order valence-electron chi connectivity index (χ1n) is 6.41. The molecule has 112 valence electrons. The van der Waals surface area contributed by atoms with E-state index in [4.69, 9.17) is 11.8 Å². The standard InChI is InChI=1S/C14H16ClN3O3/c1-18-8-9(10-4-2-3-5-12(10)18)6-11(14(20)21)17-13(19)7-16-15/h2-5,8,11,16H,6-7H2,1H3,(H,17,19)(H,20,21)/t11-/m1/s1. The van der Waals surface area contributed by atoms with E-state index in [9.17, 15) is 14.7 Å². The van der Waals surface area contributed by atoms with Crippen LogP contribution in [0.4, 0.5) is 0 Å². The van der Waals surface area contributed by atoms with Crippen molar-refractivity contribution < 1.29 is 14.7 Å². The van der Waals surface area contributed by atoms with Crippen molar-refractivity contribution >= 4 is 34.6 Å². The van der Waals surface area contributed by atoms with Crippen molar-refractivity contribution in [3.8, 4) is 0 Å². The zero-order valence-corrected chi connectivity index (χ0v) is 12.2. The van der Waals surface area contributed by atoms with Crippen LogP contribution in [0, 0.1) is 0 Å². The van der Waals surface area contributed by atoms with E-state index in [-0.39, 0.29) is 13.0 Å². The summed E-state index contributed by atoms with van der Waals surface area (Å²) in [6, 6.07) is 6.73. The molecule has 0 saturated heterocycles. The van der Waals surface area contributed by atoms with E-state index >= 15 is 0 Å². The van der Waals surface area contributed by atoms with E-state index in [0.717, 1.165) is 16.5 Å². The number of rotatable bonds is 6. The second-order valence-electron chi connectivity index (χ2n) is 4.76. The predicted molar refractivity (Wildman–Crippen MR) is 80.0 cm³/mol. The summed E-state index contributed by atoms with van der Waals surface area (Å²) in [6.45, 7) is -0.138. The van der Waals surface area contributed by atoms with Crippen molar-refractivity contribution in [3.63, 3.8) is 0 Å². The fourth-order valence-electron chi connectivity index (χ4n) is 2.31. The molecule has 2 aromatic rings. The predicted octanol–water partition coefficient (Wildman–Crippen LogP) is 1.03. The van der Waals surface area contributed by atoms with Crippen molar-refractivity contribution in [2.45, 2.75) is 12.5 Å². The number of benzene rings is 1. The Balaban J connectivity index is 2.23. The number of hydrogen-bond donors (Lipinski definition) is 3. The van der Waals surface area contributed by atoms with Crippen molar-refractivity contribution in [3.05, 3.63) is 36.0 Å². The Morgan fingerprint density at radius 3 is 2.76 bits per heavy atom. The third-order valence-electron chi connectivity index (χ3n) is 3.26. The lowest BCUT2D eigenvalue weighted by atomic mass is 10.1. The smallest absolute Gasteiger partial charge is 0.326 e. The minimum Gasteiger partial charge on any atom is -0.480 e. The van der Waals surface area contributed by atoms with Gasteiger partial charge in [-0.1, -0.05) is 18.2 Å². The zero-order valence-electron chi connectivity index (χ0n) is 11.5. The Morgan fingerprint density at radius 2 is 2.10 bits per heavy atom. The van der Waals surface area contributed by atoms with Crippen LogP contribution in [0.25, 0.3) is 10.9 Å². The first kappa shape index (κ1) is 15.3. The summed E-state index contributed by atoms with van der Waals surface area (Å²) >= 11 is 5.24. The molecule has 3 N–H and O–H groups in total. The van der Waals surface area contributed by atoms with E-state index in [0.29, 0.717) is 0 Å². The monoisotopic (exact) mass is 309 g/mol. The van der Waals surface area contributed by atoms with Crippen LogP contribution < -0.4 is 10.2 Å².